The molecule has 4 heteroatoms. The van der Waals surface area contributed by atoms with E-state index >= 15 is 0 Å². The van der Waals surface area contributed by atoms with Gasteiger partial charge < -0.3 is 13.6 Å². The normalized spacial score (nSPS) is 19.9. The molecule has 0 amide bonds. The van der Waals surface area contributed by atoms with E-state index in [-0.39, 0.29) is 12.2 Å². The van der Waals surface area contributed by atoms with Gasteiger partial charge in [0, 0.05) is 18.8 Å². The van der Waals surface area contributed by atoms with E-state index in [9.17, 15) is 0 Å². The summed E-state index contributed by atoms with van der Waals surface area (Å²) in [7, 11) is -1.57. The Bertz CT molecular complexity index is 540. The van der Waals surface area contributed by atoms with Crippen LogP contribution < -0.4 is 0 Å². The van der Waals surface area contributed by atoms with Crippen LogP contribution in [-0.2, 0) is 20.0 Å². The van der Waals surface area contributed by atoms with Gasteiger partial charge in [-0.3, -0.25) is 0 Å². The molecule has 0 radical (unpaired) electrons. The fourth-order valence-electron chi connectivity index (χ4n) is 4.37. The van der Waals surface area contributed by atoms with Gasteiger partial charge in [0.25, 0.3) is 0 Å². The van der Waals surface area contributed by atoms with Gasteiger partial charge in [0.1, 0.15) is 0 Å². The first-order valence-corrected chi connectivity index (χ1v) is 14.2. The van der Waals surface area contributed by atoms with Crippen LogP contribution in [0.25, 0.3) is 0 Å². The molecule has 0 aromatic heterocycles. The van der Waals surface area contributed by atoms with E-state index in [0.29, 0.717) is 12.0 Å². The third-order valence-corrected chi connectivity index (χ3v) is 8.56. The van der Waals surface area contributed by atoms with Crippen molar-refractivity contribution in [3.8, 4) is 0 Å². The van der Waals surface area contributed by atoms with Crippen LogP contribution in [0.2, 0.25) is 6.04 Å². The van der Waals surface area contributed by atoms with Gasteiger partial charge in [-0.05, 0) is 95.7 Å². The summed E-state index contributed by atoms with van der Waals surface area (Å²) in [6, 6.07) is 10.5. The van der Waals surface area contributed by atoms with E-state index in [0.717, 1.165) is 19.1 Å². The molecule has 1 aliphatic carbocycles. The van der Waals surface area contributed by atoms with Crippen molar-refractivity contribution in [2.45, 2.75) is 123 Å². The Morgan fingerprint density at radius 1 is 0.867 bits per heavy atom. The number of aryl methyl sites for hydroxylation is 1. The summed E-state index contributed by atoms with van der Waals surface area (Å²) in [6.07, 6.45) is 12.1. The highest BCUT2D eigenvalue weighted by Crippen LogP contribution is 2.34. The van der Waals surface area contributed by atoms with Crippen molar-refractivity contribution in [3.05, 3.63) is 35.4 Å². The predicted octanol–water partition coefficient (Wildman–Crippen LogP) is 6.92. The molecule has 0 bridgehead atoms. The zero-order valence-electron chi connectivity index (χ0n) is 20.2. The maximum Gasteiger partial charge on any atom is 0.321 e. The molecule has 1 saturated carbocycles. The van der Waals surface area contributed by atoms with Crippen molar-refractivity contribution in [3.63, 3.8) is 0 Å². The van der Waals surface area contributed by atoms with Gasteiger partial charge in [0.15, 0.2) is 0 Å². The highest BCUT2D eigenvalue weighted by atomic mass is 28.3. The Morgan fingerprint density at radius 3 is 2.07 bits per heavy atom. The van der Waals surface area contributed by atoms with Crippen LogP contribution in [0.15, 0.2) is 24.3 Å². The van der Waals surface area contributed by atoms with Gasteiger partial charge >= 0.3 is 9.28 Å². The Morgan fingerprint density at radius 2 is 1.50 bits per heavy atom. The number of hydrogen-bond donors (Lipinski definition) is 0. The summed E-state index contributed by atoms with van der Waals surface area (Å²) in [4.78, 5) is 0. The molecule has 1 aromatic rings. The van der Waals surface area contributed by atoms with Crippen LogP contribution in [0.3, 0.4) is 0 Å². The third kappa shape index (κ3) is 10.1. The predicted molar refractivity (Wildman–Crippen MR) is 130 cm³/mol. The Balaban J connectivity index is 1.64. The van der Waals surface area contributed by atoms with Crippen LogP contribution in [0, 0.1) is 0 Å². The molecule has 1 aromatic carbocycles. The van der Waals surface area contributed by atoms with Gasteiger partial charge in [-0.15, -0.1) is 0 Å². The summed E-state index contributed by atoms with van der Waals surface area (Å²) in [5.41, 5.74) is 3.02. The smallest absolute Gasteiger partial charge is 0.321 e. The first-order chi connectivity index (χ1) is 14.5. The zero-order valence-corrected chi connectivity index (χ0v) is 21.4. The van der Waals surface area contributed by atoms with E-state index in [4.69, 9.17) is 13.6 Å². The molecule has 0 N–H and O–H groups in total. The second kappa shape index (κ2) is 14.4. The van der Waals surface area contributed by atoms with E-state index in [1.807, 2.05) is 0 Å². The lowest BCUT2D eigenvalue weighted by atomic mass is 9.82. The van der Waals surface area contributed by atoms with Crippen LogP contribution >= 0.6 is 0 Å². The van der Waals surface area contributed by atoms with Crippen molar-refractivity contribution in [2.24, 2.45) is 0 Å². The summed E-state index contributed by atoms with van der Waals surface area (Å²) in [5.74, 6) is 0.713. The largest absolute Gasteiger partial charge is 0.394 e. The molecule has 0 aliphatic heterocycles. The molecular formula is C26H46O3Si. The van der Waals surface area contributed by atoms with Crippen molar-refractivity contribution < 1.29 is 13.6 Å². The van der Waals surface area contributed by atoms with Crippen molar-refractivity contribution in [1.29, 1.82) is 0 Å². The zero-order chi connectivity index (χ0) is 21.8. The topological polar surface area (TPSA) is 27.7 Å². The van der Waals surface area contributed by atoms with Crippen LogP contribution in [0.5, 0.6) is 0 Å². The van der Waals surface area contributed by atoms with Crippen molar-refractivity contribution in [1.82, 2.24) is 0 Å². The maximum absolute atomic E-state index is 6.21. The molecule has 0 saturated heterocycles. The lowest BCUT2D eigenvalue weighted by Crippen LogP contribution is -2.30. The standard InChI is InChI=1S/C26H46O3Si/c1-6-7-8-10-23-11-13-24(14-12-23)25-15-17-26(18-16-25)27-19-9-20-30(28-21(2)3)29-22(4)5/h11-14,21-22,25-26,30H,6-10,15-20H2,1-5H3. The monoisotopic (exact) mass is 434 g/mol. The molecular weight excluding hydrogens is 388 g/mol. The number of hydrogen-bond acceptors (Lipinski definition) is 3. The minimum atomic E-state index is -1.57. The van der Waals surface area contributed by atoms with Gasteiger partial charge in [0.05, 0.1) is 6.10 Å². The third-order valence-electron chi connectivity index (χ3n) is 5.98. The molecule has 0 heterocycles. The SMILES string of the molecule is CCCCCc1ccc(C2CCC(OCCC[SiH](OC(C)C)OC(C)C)CC2)cc1. The average Bonchev–Trinajstić information content (AvgIpc) is 2.71. The quantitative estimate of drug-likeness (QED) is 0.235. The molecule has 1 fully saturated rings. The van der Waals surface area contributed by atoms with Gasteiger partial charge in [-0.25, -0.2) is 0 Å². The van der Waals surface area contributed by atoms with Crippen molar-refractivity contribution >= 4 is 9.28 Å². The van der Waals surface area contributed by atoms with Gasteiger partial charge in [-0.2, -0.15) is 0 Å². The number of rotatable bonds is 14. The van der Waals surface area contributed by atoms with Crippen LogP contribution in [-0.4, -0.2) is 34.2 Å². The molecule has 0 atom stereocenters. The summed E-state index contributed by atoms with van der Waals surface area (Å²) >= 11 is 0. The van der Waals surface area contributed by atoms with E-state index in [1.165, 1.54) is 62.5 Å². The summed E-state index contributed by atoms with van der Waals surface area (Å²) < 4.78 is 18.2. The van der Waals surface area contributed by atoms with E-state index < -0.39 is 9.28 Å². The number of benzene rings is 1. The second-order valence-corrected chi connectivity index (χ2v) is 11.5. The van der Waals surface area contributed by atoms with Gasteiger partial charge in [-0.1, -0.05) is 44.0 Å². The first-order valence-electron chi connectivity index (χ1n) is 12.5. The lowest BCUT2D eigenvalue weighted by molar-refractivity contribution is 0.0237. The van der Waals surface area contributed by atoms with E-state index in [2.05, 4.69) is 58.9 Å². The van der Waals surface area contributed by atoms with Crippen LogP contribution in [0.1, 0.15) is 103 Å². The number of unbranched alkanes of at least 4 members (excludes halogenated alkanes) is 2. The number of ether oxygens (including phenoxy) is 1. The molecule has 3 nitrogen and oxygen atoms in total. The Labute approximate surface area is 187 Å². The Kier molecular flexibility index (Phi) is 12.3. The molecule has 2 rings (SSSR count). The first kappa shape index (κ1) is 25.6. The average molecular weight is 435 g/mol. The second-order valence-electron chi connectivity index (χ2n) is 9.48. The lowest BCUT2D eigenvalue weighted by Gasteiger charge is -2.29. The van der Waals surface area contributed by atoms with Gasteiger partial charge in [0.2, 0.25) is 0 Å². The summed E-state index contributed by atoms with van der Waals surface area (Å²) in [6.45, 7) is 11.5. The molecule has 30 heavy (non-hydrogen) atoms. The summed E-state index contributed by atoms with van der Waals surface area (Å²) in [5, 5.41) is 0. The molecule has 0 spiro atoms. The minimum Gasteiger partial charge on any atom is -0.394 e. The molecule has 1 aliphatic rings. The molecule has 0 unspecified atom stereocenters. The fraction of sp³-hybridized carbons (Fsp3) is 0.769. The minimum absolute atomic E-state index is 0.252. The Hall–Kier alpha value is -0.683. The highest BCUT2D eigenvalue weighted by molar-refractivity contribution is 6.44. The molecule has 172 valence electrons. The van der Waals surface area contributed by atoms with E-state index in [1.54, 1.807) is 0 Å². The highest BCUT2D eigenvalue weighted by Gasteiger charge is 2.23. The fourth-order valence-corrected chi connectivity index (χ4v) is 6.42. The van der Waals surface area contributed by atoms with Crippen LogP contribution in [0.4, 0.5) is 0 Å². The van der Waals surface area contributed by atoms with Crippen molar-refractivity contribution in [2.75, 3.05) is 6.61 Å². The maximum atomic E-state index is 6.21.